The Kier molecular flexibility index (Phi) is 6.03. The standard InChI is InChI=1S/C23H25NO5/c1-17-7-9-21(29-17)14-24(12-18-8-10-22-23(11-18)28-16-27-22)13-19(25)15-26-20-5-3-2-4-6-20/h2-11,19,25H,12-16H2,1H3. The molecule has 2 heterocycles. The fourth-order valence-corrected chi connectivity index (χ4v) is 3.33. The van der Waals surface area contributed by atoms with Crippen LogP contribution in [0.5, 0.6) is 17.2 Å². The molecule has 0 bridgehead atoms. The number of hydrogen-bond donors (Lipinski definition) is 1. The third-order valence-electron chi connectivity index (χ3n) is 4.67. The van der Waals surface area contributed by atoms with E-state index in [9.17, 15) is 5.11 Å². The van der Waals surface area contributed by atoms with Crippen LogP contribution in [0.4, 0.5) is 0 Å². The lowest BCUT2D eigenvalue weighted by molar-refractivity contribution is 0.0603. The molecule has 1 aliphatic heterocycles. The van der Waals surface area contributed by atoms with E-state index in [1.165, 1.54) is 0 Å². The Morgan fingerprint density at radius 1 is 1.00 bits per heavy atom. The van der Waals surface area contributed by atoms with Crippen LogP contribution < -0.4 is 14.2 Å². The van der Waals surface area contributed by atoms with Crippen LogP contribution in [-0.4, -0.2) is 36.1 Å². The predicted octanol–water partition coefficient (Wildman–Crippen LogP) is 3.76. The number of fused-ring (bicyclic) bond motifs is 1. The summed E-state index contributed by atoms with van der Waals surface area (Å²) in [7, 11) is 0. The third-order valence-corrected chi connectivity index (χ3v) is 4.67. The van der Waals surface area contributed by atoms with Gasteiger partial charge >= 0.3 is 0 Å². The van der Waals surface area contributed by atoms with Crippen LogP contribution in [0.1, 0.15) is 17.1 Å². The third kappa shape index (κ3) is 5.31. The molecule has 6 heteroatoms. The average Bonchev–Trinajstić information content (AvgIpc) is 3.35. The van der Waals surface area contributed by atoms with Crippen molar-refractivity contribution in [3.05, 3.63) is 77.7 Å². The van der Waals surface area contributed by atoms with Gasteiger partial charge in [-0.15, -0.1) is 0 Å². The van der Waals surface area contributed by atoms with Gasteiger partial charge in [0.1, 0.15) is 30.0 Å². The van der Waals surface area contributed by atoms with Crippen molar-refractivity contribution in [2.45, 2.75) is 26.1 Å². The highest BCUT2D eigenvalue weighted by Gasteiger charge is 2.18. The van der Waals surface area contributed by atoms with Gasteiger partial charge in [-0.3, -0.25) is 4.90 Å². The zero-order chi connectivity index (χ0) is 20.1. The maximum absolute atomic E-state index is 10.6. The monoisotopic (exact) mass is 395 g/mol. The molecule has 1 aromatic heterocycles. The molecule has 0 spiro atoms. The first-order valence-electron chi connectivity index (χ1n) is 9.68. The Morgan fingerprint density at radius 2 is 1.83 bits per heavy atom. The van der Waals surface area contributed by atoms with Gasteiger partial charge in [-0.2, -0.15) is 0 Å². The molecule has 29 heavy (non-hydrogen) atoms. The van der Waals surface area contributed by atoms with Crippen molar-refractivity contribution in [3.63, 3.8) is 0 Å². The smallest absolute Gasteiger partial charge is 0.231 e. The maximum atomic E-state index is 10.6. The van der Waals surface area contributed by atoms with Gasteiger partial charge in [-0.1, -0.05) is 24.3 Å². The number of furan rings is 1. The minimum Gasteiger partial charge on any atom is -0.491 e. The lowest BCUT2D eigenvalue weighted by Crippen LogP contribution is -2.35. The van der Waals surface area contributed by atoms with Crippen LogP contribution in [0.3, 0.4) is 0 Å². The molecule has 0 fully saturated rings. The van der Waals surface area contributed by atoms with Crippen molar-refractivity contribution >= 4 is 0 Å². The Bertz CT molecular complexity index is 924. The fraction of sp³-hybridized carbons (Fsp3) is 0.304. The summed E-state index contributed by atoms with van der Waals surface area (Å²) in [5.74, 6) is 3.99. The average molecular weight is 395 g/mol. The Balaban J connectivity index is 1.41. The number of nitrogens with zero attached hydrogens (tertiary/aromatic N) is 1. The summed E-state index contributed by atoms with van der Waals surface area (Å²) in [6.45, 7) is 4.07. The predicted molar refractivity (Wildman–Crippen MR) is 108 cm³/mol. The summed E-state index contributed by atoms with van der Waals surface area (Å²) in [5, 5.41) is 10.6. The fourth-order valence-electron chi connectivity index (χ4n) is 3.33. The number of ether oxygens (including phenoxy) is 3. The highest BCUT2D eigenvalue weighted by Crippen LogP contribution is 2.33. The topological polar surface area (TPSA) is 64.3 Å². The molecule has 6 nitrogen and oxygen atoms in total. The summed E-state index contributed by atoms with van der Waals surface area (Å²) >= 11 is 0. The summed E-state index contributed by atoms with van der Waals surface area (Å²) < 4.78 is 22.3. The van der Waals surface area contributed by atoms with E-state index in [2.05, 4.69) is 4.90 Å². The second kappa shape index (κ2) is 9.03. The molecular formula is C23H25NO5. The minimum atomic E-state index is -0.639. The van der Waals surface area contributed by atoms with Gasteiger partial charge in [0.2, 0.25) is 6.79 Å². The molecule has 0 radical (unpaired) electrons. The second-order valence-corrected chi connectivity index (χ2v) is 7.15. The molecule has 3 aromatic rings. The van der Waals surface area contributed by atoms with E-state index in [4.69, 9.17) is 18.6 Å². The zero-order valence-corrected chi connectivity index (χ0v) is 16.4. The van der Waals surface area contributed by atoms with Crippen molar-refractivity contribution in [3.8, 4) is 17.2 Å². The maximum Gasteiger partial charge on any atom is 0.231 e. The molecule has 4 rings (SSSR count). The molecule has 0 saturated carbocycles. The summed E-state index contributed by atoms with van der Waals surface area (Å²) in [6, 6.07) is 19.3. The van der Waals surface area contributed by atoms with Gasteiger partial charge in [-0.05, 0) is 48.9 Å². The van der Waals surface area contributed by atoms with Crippen LogP contribution in [-0.2, 0) is 13.1 Å². The molecule has 0 amide bonds. The van der Waals surface area contributed by atoms with Crippen LogP contribution in [0.25, 0.3) is 0 Å². The molecule has 0 aliphatic carbocycles. The van der Waals surface area contributed by atoms with Crippen LogP contribution >= 0.6 is 0 Å². The Hall–Kier alpha value is -2.96. The van der Waals surface area contributed by atoms with Gasteiger partial charge in [0.15, 0.2) is 11.5 Å². The Morgan fingerprint density at radius 3 is 2.62 bits per heavy atom. The van der Waals surface area contributed by atoms with E-state index < -0.39 is 6.10 Å². The second-order valence-electron chi connectivity index (χ2n) is 7.15. The van der Waals surface area contributed by atoms with E-state index in [0.717, 1.165) is 34.3 Å². The highest BCUT2D eigenvalue weighted by atomic mass is 16.7. The molecule has 152 valence electrons. The lowest BCUT2D eigenvalue weighted by Gasteiger charge is -2.24. The first-order chi connectivity index (χ1) is 14.2. The van der Waals surface area contributed by atoms with E-state index in [1.807, 2.05) is 67.6 Å². The summed E-state index contributed by atoms with van der Waals surface area (Å²) in [5.41, 5.74) is 1.08. The van der Waals surface area contributed by atoms with E-state index >= 15 is 0 Å². The molecule has 1 unspecified atom stereocenters. The molecule has 0 saturated heterocycles. The van der Waals surface area contributed by atoms with E-state index in [-0.39, 0.29) is 13.4 Å². The zero-order valence-electron chi connectivity index (χ0n) is 16.4. The number of aliphatic hydroxyl groups is 1. The molecule has 1 atom stereocenters. The van der Waals surface area contributed by atoms with Gasteiger partial charge in [0.25, 0.3) is 0 Å². The van der Waals surface area contributed by atoms with Gasteiger partial charge in [0.05, 0.1) is 6.54 Å². The first kappa shape index (κ1) is 19.4. The quantitative estimate of drug-likeness (QED) is 0.595. The number of aliphatic hydroxyl groups excluding tert-OH is 1. The molecule has 2 aromatic carbocycles. The van der Waals surface area contributed by atoms with Crippen LogP contribution in [0.2, 0.25) is 0 Å². The van der Waals surface area contributed by atoms with Crippen molar-refractivity contribution in [1.29, 1.82) is 0 Å². The number of hydrogen-bond acceptors (Lipinski definition) is 6. The number of para-hydroxylation sites is 1. The normalized spacial score (nSPS) is 13.6. The van der Waals surface area contributed by atoms with Gasteiger partial charge in [-0.25, -0.2) is 0 Å². The van der Waals surface area contributed by atoms with Crippen molar-refractivity contribution in [2.75, 3.05) is 19.9 Å². The van der Waals surface area contributed by atoms with Crippen molar-refractivity contribution in [2.24, 2.45) is 0 Å². The lowest BCUT2D eigenvalue weighted by atomic mass is 10.1. The number of rotatable bonds is 9. The number of benzene rings is 2. The first-order valence-corrected chi connectivity index (χ1v) is 9.68. The van der Waals surface area contributed by atoms with Gasteiger partial charge < -0.3 is 23.7 Å². The van der Waals surface area contributed by atoms with Crippen LogP contribution in [0.15, 0.2) is 65.1 Å². The minimum absolute atomic E-state index is 0.221. The van der Waals surface area contributed by atoms with Gasteiger partial charge in [0, 0.05) is 13.1 Å². The number of aryl methyl sites for hydroxylation is 1. The van der Waals surface area contributed by atoms with Crippen molar-refractivity contribution < 1.29 is 23.7 Å². The summed E-state index contributed by atoms with van der Waals surface area (Å²) in [6.07, 6.45) is -0.639. The van der Waals surface area contributed by atoms with Crippen LogP contribution in [0, 0.1) is 6.92 Å². The van der Waals surface area contributed by atoms with E-state index in [0.29, 0.717) is 19.6 Å². The molecule has 1 aliphatic rings. The molecular weight excluding hydrogens is 370 g/mol. The largest absolute Gasteiger partial charge is 0.491 e. The Labute approximate surface area is 170 Å². The summed E-state index contributed by atoms with van der Waals surface area (Å²) in [4.78, 5) is 2.13. The molecule has 1 N–H and O–H groups in total. The highest BCUT2D eigenvalue weighted by molar-refractivity contribution is 5.44. The van der Waals surface area contributed by atoms with E-state index in [1.54, 1.807) is 0 Å². The SMILES string of the molecule is Cc1ccc(CN(Cc2ccc3c(c2)OCO3)CC(O)COc2ccccc2)o1. The van der Waals surface area contributed by atoms with Crippen molar-refractivity contribution in [1.82, 2.24) is 4.90 Å².